The van der Waals surface area contributed by atoms with Crippen molar-refractivity contribution in [1.82, 2.24) is 15.1 Å². The van der Waals surface area contributed by atoms with Gasteiger partial charge in [-0.1, -0.05) is 51.8 Å². The Kier molecular flexibility index (Phi) is 5.36. The van der Waals surface area contributed by atoms with Gasteiger partial charge in [-0.3, -0.25) is 0 Å². The van der Waals surface area contributed by atoms with Gasteiger partial charge >= 0.3 is 0 Å². The van der Waals surface area contributed by atoms with E-state index in [4.69, 9.17) is 0 Å². The molecule has 1 atom stereocenters. The molecule has 0 amide bonds. The topological polar surface area (TPSA) is 29.9 Å². The second kappa shape index (κ2) is 7.25. The van der Waals surface area contributed by atoms with E-state index in [9.17, 15) is 0 Å². The summed E-state index contributed by atoms with van der Waals surface area (Å²) in [5.41, 5.74) is 2.38. The van der Waals surface area contributed by atoms with Gasteiger partial charge in [-0.05, 0) is 30.7 Å². The lowest BCUT2D eigenvalue weighted by Gasteiger charge is -2.27. The molecule has 0 aliphatic rings. The van der Waals surface area contributed by atoms with Crippen LogP contribution in [0.15, 0.2) is 42.6 Å². The van der Waals surface area contributed by atoms with Crippen LogP contribution >= 0.6 is 0 Å². The molecule has 0 saturated carbocycles. The summed E-state index contributed by atoms with van der Waals surface area (Å²) in [5.74, 6) is 0.633. The third-order valence-electron chi connectivity index (χ3n) is 3.94. The van der Waals surface area contributed by atoms with Gasteiger partial charge in [0.2, 0.25) is 0 Å². The van der Waals surface area contributed by atoms with Gasteiger partial charge in [0.1, 0.15) is 0 Å². The summed E-state index contributed by atoms with van der Waals surface area (Å²) in [4.78, 5) is 0. The normalized spacial score (nSPS) is 12.8. The third kappa shape index (κ3) is 3.10. The fraction of sp³-hybridized carbons (Fsp3) is 0.471. The second-order valence-electron chi connectivity index (χ2n) is 5.12. The van der Waals surface area contributed by atoms with Crippen LogP contribution in [0.2, 0.25) is 0 Å². The zero-order valence-electron chi connectivity index (χ0n) is 12.7. The van der Waals surface area contributed by atoms with Crippen molar-refractivity contribution in [3.8, 4) is 5.69 Å². The van der Waals surface area contributed by atoms with Gasteiger partial charge in [0.05, 0.1) is 17.4 Å². The van der Waals surface area contributed by atoms with Crippen molar-refractivity contribution in [2.45, 2.75) is 39.7 Å². The highest BCUT2D eigenvalue weighted by atomic mass is 15.3. The first-order valence-corrected chi connectivity index (χ1v) is 7.64. The average molecular weight is 271 g/mol. The van der Waals surface area contributed by atoms with E-state index < -0.39 is 0 Å². The standard InChI is InChI=1S/C17H25N3/c1-4-14(5-2)17(18-6-3)16-12-13-19-20(16)15-10-8-7-9-11-15/h7-14,17-18H,4-6H2,1-3H3. The van der Waals surface area contributed by atoms with Crippen LogP contribution in [0.25, 0.3) is 5.69 Å². The van der Waals surface area contributed by atoms with E-state index in [-0.39, 0.29) is 0 Å². The molecule has 3 heteroatoms. The molecular weight excluding hydrogens is 246 g/mol. The van der Waals surface area contributed by atoms with Crippen molar-refractivity contribution in [3.63, 3.8) is 0 Å². The molecule has 2 rings (SSSR count). The largest absolute Gasteiger partial charge is 0.309 e. The molecule has 0 bridgehead atoms. The molecule has 1 aromatic carbocycles. The molecule has 1 heterocycles. The van der Waals surface area contributed by atoms with Crippen LogP contribution in [0.5, 0.6) is 0 Å². The smallest absolute Gasteiger partial charge is 0.0649 e. The molecule has 0 saturated heterocycles. The van der Waals surface area contributed by atoms with E-state index in [2.05, 4.69) is 66.2 Å². The summed E-state index contributed by atoms with van der Waals surface area (Å²) in [7, 11) is 0. The van der Waals surface area contributed by atoms with Crippen LogP contribution in [-0.4, -0.2) is 16.3 Å². The zero-order chi connectivity index (χ0) is 14.4. The van der Waals surface area contributed by atoms with Gasteiger partial charge in [0.25, 0.3) is 0 Å². The zero-order valence-corrected chi connectivity index (χ0v) is 12.7. The molecule has 0 fully saturated rings. The van der Waals surface area contributed by atoms with Gasteiger partial charge < -0.3 is 5.32 Å². The molecule has 1 aromatic heterocycles. The summed E-state index contributed by atoms with van der Waals surface area (Å²) in [5, 5.41) is 8.15. The number of para-hydroxylation sites is 1. The van der Waals surface area contributed by atoms with E-state index in [1.165, 1.54) is 18.5 Å². The van der Waals surface area contributed by atoms with Gasteiger partial charge in [0, 0.05) is 6.20 Å². The molecule has 0 aliphatic heterocycles. The highest BCUT2D eigenvalue weighted by Crippen LogP contribution is 2.28. The van der Waals surface area contributed by atoms with Crippen molar-refractivity contribution >= 4 is 0 Å². The Morgan fingerprint density at radius 3 is 2.35 bits per heavy atom. The van der Waals surface area contributed by atoms with Crippen molar-refractivity contribution in [3.05, 3.63) is 48.3 Å². The SMILES string of the molecule is CCNC(c1ccnn1-c1ccccc1)C(CC)CC. The van der Waals surface area contributed by atoms with Crippen LogP contribution in [0, 0.1) is 5.92 Å². The van der Waals surface area contributed by atoms with E-state index in [0.29, 0.717) is 12.0 Å². The van der Waals surface area contributed by atoms with Crippen molar-refractivity contribution in [2.24, 2.45) is 5.92 Å². The number of benzene rings is 1. The van der Waals surface area contributed by atoms with Crippen LogP contribution in [-0.2, 0) is 0 Å². The summed E-state index contributed by atoms with van der Waals surface area (Å²) in [6, 6.07) is 12.9. The molecule has 1 unspecified atom stereocenters. The van der Waals surface area contributed by atoms with Crippen molar-refractivity contribution in [1.29, 1.82) is 0 Å². The Labute approximate surface area is 122 Å². The van der Waals surface area contributed by atoms with Crippen LogP contribution in [0.3, 0.4) is 0 Å². The average Bonchev–Trinajstić information content (AvgIpc) is 2.97. The predicted octanol–water partition coefficient (Wildman–Crippen LogP) is 3.96. The van der Waals surface area contributed by atoms with Gasteiger partial charge in [-0.15, -0.1) is 0 Å². The minimum atomic E-state index is 0.359. The predicted molar refractivity (Wildman–Crippen MR) is 84.1 cm³/mol. The molecule has 2 aromatic rings. The number of rotatable bonds is 7. The first-order valence-electron chi connectivity index (χ1n) is 7.64. The molecular formula is C17H25N3. The summed E-state index contributed by atoms with van der Waals surface area (Å²) in [6.45, 7) is 7.67. The molecule has 3 nitrogen and oxygen atoms in total. The fourth-order valence-corrected chi connectivity index (χ4v) is 2.83. The Hall–Kier alpha value is -1.61. The molecule has 0 aliphatic carbocycles. The second-order valence-corrected chi connectivity index (χ2v) is 5.12. The molecule has 1 N–H and O–H groups in total. The molecule has 0 radical (unpaired) electrons. The van der Waals surface area contributed by atoms with E-state index in [0.717, 1.165) is 12.2 Å². The Bertz CT molecular complexity index is 500. The van der Waals surface area contributed by atoms with Crippen LogP contribution in [0.4, 0.5) is 0 Å². The minimum Gasteiger partial charge on any atom is -0.309 e. The highest BCUT2D eigenvalue weighted by Gasteiger charge is 2.23. The Balaban J connectivity index is 2.37. The first kappa shape index (κ1) is 14.8. The number of nitrogens with zero attached hydrogens (tertiary/aromatic N) is 2. The molecule has 20 heavy (non-hydrogen) atoms. The van der Waals surface area contributed by atoms with Crippen molar-refractivity contribution in [2.75, 3.05) is 6.54 Å². The maximum atomic E-state index is 4.52. The Morgan fingerprint density at radius 1 is 1.05 bits per heavy atom. The lowest BCUT2D eigenvalue weighted by molar-refractivity contribution is 0.335. The fourth-order valence-electron chi connectivity index (χ4n) is 2.83. The van der Waals surface area contributed by atoms with Gasteiger partial charge in [-0.2, -0.15) is 5.10 Å². The Morgan fingerprint density at radius 2 is 1.75 bits per heavy atom. The third-order valence-corrected chi connectivity index (χ3v) is 3.94. The maximum Gasteiger partial charge on any atom is 0.0649 e. The molecule has 0 spiro atoms. The van der Waals surface area contributed by atoms with Gasteiger partial charge in [0.15, 0.2) is 0 Å². The minimum absolute atomic E-state index is 0.359. The van der Waals surface area contributed by atoms with Crippen molar-refractivity contribution < 1.29 is 0 Å². The van der Waals surface area contributed by atoms with Crippen LogP contribution in [0.1, 0.15) is 45.3 Å². The lowest BCUT2D eigenvalue weighted by Crippen LogP contribution is -2.29. The summed E-state index contributed by atoms with van der Waals surface area (Å²) >= 11 is 0. The van der Waals surface area contributed by atoms with E-state index >= 15 is 0 Å². The van der Waals surface area contributed by atoms with E-state index in [1.54, 1.807) is 0 Å². The molecule has 108 valence electrons. The summed E-state index contributed by atoms with van der Waals surface area (Å²) < 4.78 is 2.06. The number of nitrogens with one attached hydrogen (secondary N) is 1. The lowest BCUT2D eigenvalue weighted by atomic mass is 9.91. The number of hydrogen-bond donors (Lipinski definition) is 1. The monoisotopic (exact) mass is 271 g/mol. The summed E-state index contributed by atoms with van der Waals surface area (Å²) in [6.07, 6.45) is 4.25. The quantitative estimate of drug-likeness (QED) is 0.826. The van der Waals surface area contributed by atoms with Gasteiger partial charge in [-0.25, -0.2) is 4.68 Å². The highest BCUT2D eigenvalue weighted by molar-refractivity contribution is 5.33. The van der Waals surface area contributed by atoms with Crippen LogP contribution < -0.4 is 5.32 Å². The first-order chi connectivity index (χ1) is 9.81. The number of aromatic nitrogens is 2. The number of hydrogen-bond acceptors (Lipinski definition) is 2. The van der Waals surface area contributed by atoms with E-state index in [1.807, 2.05) is 12.3 Å². The maximum absolute atomic E-state index is 4.52.